The molecule has 170 valence electrons. The van der Waals surface area contributed by atoms with Crippen LogP contribution < -0.4 is 10.2 Å². The predicted molar refractivity (Wildman–Crippen MR) is 120 cm³/mol. The van der Waals surface area contributed by atoms with Crippen molar-refractivity contribution in [2.24, 2.45) is 0 Å². The highest BCUT2D eigenvalue weighted by molar-refractivity contribution is 6.36. The van der Waals surface area contributed by atoms with E-state index in [0.29, 0.717) is 47.2 Å². The van der Waals surface area contributed by atoms with Crippen LogP contribution >= 0.6 is 11.6 Å². The summed E-state index contributed by atoms with van der Waals surface area (Å²) in [6.45, 7) is 1.32. The van der Waals surface area contributed by atoms with E-state index < -0.39 is 24.1 Å². The third-order valence-corrected chi connectivity index (χ3v) is 6.18. The number of fused-ring (bicyclic) bond motifs is 2. The molecule has 2 aromatic carbocycles. The third-order valence-electron chi connectivity index (χ3n) is 5.81. The molecule has 0 amide bonds. The van der Waals surface area contributed by atoms with Gasteiger partial charge < -0.3 is 10.2 Å². The van der Waals surface area contributed by atoms with Gasteiger partial charge in [0.1, 0.15) is 29.2 Å². The minimum Gasteiger partial charge on any atom is -0.353 e. The summed E-state index contributed by atoms with van der Waals surface area (Å²) in [7, 11) is 0. The van der Waals surface area contributed by atoms with Crippen molar-refractivity contribution < 1.29 is 17.6 Å². The van der Waals surface area contributed by atoms with Gasteiger partial charge in [-0.05, 0) is 11.5 Å². The minimum atomic E-state index is -2.43. The highest BCUT2D eigenvalue weighted by Gasteiger charge is 2.26. The maximum Gasteiger partial charge on any atom is 0.240 e. The molecule has 0 spiro atoms. The average molecular weight is 476 g/mol. The van der Waals surface area contributed by atoms with E-state index in [0.717, 1.165) is 0 Å². The van der Waals surface area contributed by atoms with Gasteiger partial charge in [-0.25, -0.2) is 27.5 Å². The maximum atomic E-state index is 15.7. The normalized spacial score (nSPS) is 16.8. The van der Waals surface area contributed by atoms with Crippen molar-refractivity contribution in [3.8, 4) is 11.3 Å². The van der Waals surface area contributed by atoms with E-state index in [2.05, 4.69) is 20.3 Å². The van der Waals surface area contributed by atoms with Gasteiger partial charge in [0.25, 0.3) is 0 Å². The molecule has 0 radical (unpaired) electrons. The lowest BCUT2D eigenvalue weighted by Gasteiger charge is -2.34. The minimum absolute atomic E-state index is 0.0128. The number of hydrogen-bond acceptors (Lipinski definition) is 5. The molecule has 1 unspecified atom stereocenters. The number of pyridine rings is 1. The Morgan fingerprint density at radius 2 is 1.97 bits per heavy atom. The fourth-order valence-corrected chi connectivity index (χ4v) is 4.59. The summed E-state index contributed by atoms with van der Waals surface area (Å²) in [6.07, 6.45) is -0.0122. The quantitative estimate of drug-likeness (QED) is 0.411. The lowest BCUT2D eigenvalue weighted by molar-refractivity contribution is 0.121. The Labute approximate surface area is 191 Å². The van der Waals surface area contributed by atoms with Crippen molar-refractivity contribution in [1.29, 1.82) is 0 Å². The molecule has 1 fully saturated rings. The van der Waals surface area contributed by atoms with Crippen molar-refractivity contribution in [2.45, 2.75) is 18.9 Å². The number of rotatable bonds is 4. The summed E-state index contributed by atoms with van der Waals surface area (Å²) in [4.78, 5) is 14.6. The summed E-state index contributed by atoms with van der Waals surface area (Å²) >= 11 is 6.21. The molecule has 3 heterocycles. The van der Waals surface area contributed by atoms with Gasteiger partial charge in [0.2, 0.25) is 6.43 Å². The number of benzene rings is 2. The molecule has 1 N–H and O–H groups in total. The zero-order valence-electron chi connectivity index (χ0n) is 17.2. The first-order valence-electron chi connectivity index (χ1n) is 10.4. The first-order chi connectivity index (χ1) is 15.9. The van der Waals surface area contributed by atoms with Crippen LogP contribution in [0.5, 0.6) is 0 Å². The summed E-state index contributed by atoms with van der Waals surface area (Å²) in [5, 5.41) is 4.33. The SMILES string of the molecule is Fc1ccc2cccc(-c3ncc4c(N5CCNC(CC(F)F)C5)ncnc4c3F)c2c1Cl. The highest BCUT2D eigenvalue weighted by Crippen LogP contribution is 2.37. The van der Waals surface area contributed by atoms with E-state index in [-0.39, 0.29) is 22.7 Å². The lowest BCUT2D eigenvalue weighted by Crippen LogP contribution is -2.51. The van der Waals surface area contributed by atoms with Crippen LogP contribution in [-0.4, -0.2) is 47.1 Å². The van der Waals surface area contributed by atoms with E-state index in [4.69, 9.17) is 11.6 Å². The van der Waals surface area contributed by atoms with Crippen molar-refractivity contribution in [3.05, 3.63) is 59.5 Å². The van der Waals surface area contributed by atoms with E-state index in [9.17, 15) is 13.2 Å². The first-order valence-corrected chi connectivity index (χ1v) is 10.7. The number of nitrogens with zero attached hydrogens (tertiary/aromatic N) is 4. The molecule has 33 heavy (non-hydrogen) atoms. The van der Waals surface area contributed by atoms with Crippen LogP contribution in [0, 0.1) is 11.6 Å². The number of aromatic nitrogens is 3. The van der Waals surface area contributed by atoms with Crippen LogP contribution in [0.3, 0.4) is 0 Å². The Morgan fingerprint density at radius 1 is 1.12 bits per heavy atom. The van der Waals surface area contributed by atoms with Crippen LogP contribution in [0.1, 0.15) is 6.42 Å². The average Bonchev–Trinajstić information content (AvgIpc) is 2.81. The van der Waals surface area contributed by atoms with Crippen LogP contribution in [-0.2, 0) is 0 Å². The molecule has 5 rings (SSSR count). The Bertz CT molecular complexity index is 1350. The van der Waals surface area contributed by atoms with Gasteiger partial charge in [-0.3, -0.25) is 4.98 Å². The monoisotopic (exact) mass is 475 g/mol. The number of hydrogen-bond donors (Lipinski definition) is 1. The molecule has 5 nitrogen and oxygen atoms in total. The Hall–Kier alpha value is -3.04. The van der Waals surface area contributed by atoms with Crippen molar-refractivity contribution >= 4 is 39.1 Å². The van der Waals surface area contributed by atoms with Gasteiger partial charge in [-0.15, -0.1) is 0 Å². The highest BCUT2D eigenvalue weighted by atomic mass is 35.5. The first kappa shape index (κ1) is 21.8. The second kappa shape index (κ2) is 8.72. The van der Waals surface area contributed by atoms with Gasteiger partial charge in [0.15, 0.2) is 5.82 Å². The molecule has 2 aromatic heterocycles. The van der Waals surface area contributed by atoms with E-state index in [1.807, 2.05) is 4.90 Å². The zero-order chi connectivity index (χ0) is 23.1. The van der Waals surface area contributed by atoms with Gasteiger partial charge in [0.05, 0.1) is 10.4 Å². The summed E-state index contributed by atoms with van der Waals surface area (Å²) < 4.78 is 55.5. The predicted octanol–water partition coefficient (Wildman–Crippen LogP) is 5.21. The number of alkyl halides is 2. The molecular weight excluding hydrogens is 458 g/mol. The fourth-order valence-electron chi connectivity index (χ4n) is 4.32. The molecule has 0 aliphatic carbocycles. The molecule has 10 heteroatoms. The molecule has 1 aliphatic heterocycles. The van der Waals surface area contributed by atoms with Gasteiger partial charge in [-0.1, -0.05) is 35.9 Å². The second-order valence-electron chi connectivity index (χ2n) is 7.87. The molecular formula is C23H18ClF4N5. The maximum absolute atomic E-state index is 15.7. The van der Waals surface area contributed by atoms with E-state index in [1.54, 1.807) is 24.3 Å². The molecule has 1 saturated heterocycles. The lowest BCUT2D eigenvalue weighted by atomic mass is 10.0. The summed E-state index contributed by atoms with van der Waals surface area (Å²) in [5.41, 5.74) is 0.371. The largest absolute Gasteiger partial charge is 0.353 e. The Balaban J connectivity index is 1.61. The van der Waals surface area contributed by atoms with Gasteiger partial charge in [-0.2, -0.15) is 0 Å². The third kappa shape index (κ3) is 3.95. The number of nitrogens with one attached hydrogen (secondary N) is 1. The molecule has 4 aromatic rings. The fraction of sp³-hybridized carbons (Fsp3) is 0.261. The van der Waals surface area contributed by atoms with Crippen molar-refractivity contribution in [3.63, 3.8) is 0 Å². The summed E-state index contributed by atoms with van der Waals surface area (Å²) in [5.74, 6) is -0.872. The number of halogens is 5. The topological polar surface area (TPSA) is 53.9 Å². The van der Waals surface area contributed by atoms with Gasteiger partial charge >= 0.3 is 0 Å². The van der Waals surface area contributed by atoms with Crippen LogP contribution in [0.25, 0.3) is 32.9 Å². The number of piperazine rings is 1. The smallest absolute Gasteiger partial charge is 0.240 e. The second-order valence-corrected chi connectivity index (χ2v) is 8.25. The molecule has 1 aliphatic rings. The Kier molecular flexibility index (Phi) is 5.76. The molecule has 1 atom stereocenters. The van der Waals surface area contributed by atoms with Crippen LogP contribution in [0.4, 0.5) is 23.4 Å². The van der Waals surface area contributed by atoms with Crippen molar-refractivity contribution in [2.75, 3.05) is 24.5 Å². The standard InChI is InChI=1S/C23H18ClF4N5/c24-19-16(25)5-4-12-2-1-3-14(18(12)19)21-20(28)22-15(9-30-21)23(32-11-31-22)33-7-6-29-13(10-33)8-17(26)27/h1-5,9,11,13,17,29H,6-8,10H2. The molecule has 0 bridgehead atoms. The van der Waals surface area contributed by atoms with Crippen LogP contribution in [0.15, 0.2) is 42.9 Å². The van der Waals surface area contributed by atoms with Crippen molar-refractivity contribution in [1.82, 2.24) is 20.3 Å². The van der Waals surface area contributed by atoms with E-state index in [1.165, 1.54) is 18.6 Å². The Morgan fingerprint density at radius 3 is 2.79 bits per heavy atom. The number of anilines is 1. The summed E-state index contributed by atoms with van der Waals surface area (Å²) in [6, 6.07) is 7.51. The van der Waals surface area contributed by atoms with Crippen LogP contribution in [0.2, 0.25) is 5.02 Å². The molecule has 0 saturated carbocycles. The zero-order valence-corrected chi connectivity index (χ0v) is 18.0. The van der Waals surface area contributed by atoms with Gasteiger partial charge in [0, 0.05) is 49.2 Å². The van der Waals surface area contributed by atoms with E-state index >= 15 is 4.39 Å².